The fourth-order valence-electron chi connectivity index (χ4n) is 4.19. The molecule has 0 saturated carbocycles. The molecule has 3 rings (SSSR count). The second-order valence-corrected chi connectivity index (χ2v) is 10.8. The van der Waals surface area contributed by atoms with Gasteiger partial charge in [-0.3, -0.25) is 0 Å². The molecule has 5 nitrogen and oxygen atoms in total. The minimum absolute atomic E-state index is 0.0229. The Kier molecular flexibility index (Phi) is 8.91. The molecule has 1 fully saturated rings. The van der Waals surface area contributed by atoms with Gasteiger partial charge < -0.3 is 20.3 Å². The van der Waals surface area contributed by atoms with Crippen LogP contribution in [-0.4, -0.2) is 43.7 Å². The van der Waals surface area contributed by atoms with Crippen molar-refractivity contribution in [3.05, 3.63) is 58.1 Å². The second-order valence-electron chi connectivity index (χ2n) is 9.95. The zero-order chi connectivity index (χ0) is 24.0. The van der Waals surface area contributed by atoms with Gasteiger partial charge in [0, 0.05) is 24.3 Å². The first kappa shape index (κ1) is 25.7. The maximum atomic E-state index is 12.7. The molecule has 2 aromatic rings. The van der Waals surface area contributed by atoms with E-state index in [-0.39, 0.29) is 17.5 Å². The molecular formula is C26H35Cl2N3O2. The first-order valence-corrected chi connectivity index (χ1v) is 12.3. The van der Waals surface area contributed by atoms with Crippen LogP contribution >= 0.6 is 23.2 Å². The Balaban J connectivity index is 1.52. The number of nitrogens with zero attached hydrogens (tertiary/aromatic N) is 1. The predicted molar refractivity (Wildman–Crippen MR) is 138 cm³/mol. The molecule has 0 radical (unpaired) electrons. The molecule has 1 heterocycles. The van der Waals surface area contributed by atoms with Crippen LogP contribution in [0.3, 0.4) is 0 Å². The van der Waals surface area contributed by atoms with E-state index in [1.54, 1.807) is 7.11 Å². The lowest BCUT2D eigenvalue weighted by Gasteiger charge is -2.39. The third-order valence-corrected chi connectivity index (χ3v) is 7.07. The number of piperidine rings is 1. The van der Waals surface area contributed by atoms with Crippen LogP contribution in [0.15, 0.2) is 42.5 Å². The topological polar surface area (TPSA) is 53.6 Å². The third-order valence-electron chi connectivity index (χ3n) is 6.33. The molecule has 0 spiro atoms. The van der Waals surface area contributed by atoms with Crippen molar-refractivity contribution in [1.82, 2.24) is 10.2 Å². The van der Waals surface area contributed by atoms with Gasteiger partial charge in [0.2, 0.25) is 0 Å². The Hall–Kier alpha value is -1.95. The fourth-order valence-corrected chi connectivity index (χ4v) is 4.51. The first-order chi connectivity index (χ1) is 15.6. The van der Waals surface area contributed by atoms with E-state index in [9.17, 15) is 4.79 Å². The summed E-state index contributed by atoms with van der Waals surface area (Å²) in [4.78, 5) is 15.2. The summed E-state index contributed by atoms with van der Waals surface area (Å²) >= 11 is 12.2. The predicted octanol–water partition coefficient (Wildman–Crippen LogP) is 6.49. The Morgan fingerprint density at radius 2 is 1.85 bits per heavy atom. The van der Waals surface area contributed by atoms with Gasteiger partial charge in [-0.1, -0.05) is 56.1 Å². The van der Waals surface area contributed by atoms with Crippen molar-refractivity contribution in [3.8, 4) is 5.75 Å². The number of carbonyl (C=O) groups excluding carboxylic acids is 1. The number of likely N-dealkylation sites (tertiary alicyclic amines) is 1. The standard InChI is InChI=1S/C26H35Cl2N3O2/c1-26(2,3)24(30-25(32)29-20-6-5-7-21(16-20)33-4)17-31-12-10-18(11-13-31)14-19-8-9-22(27)23(28)15-19/h5-9,15-16,18,24H,10-14,17H2,1-4H3,(H2,29,30,32)/t24-/m0/s1. The summed E-state index contributed by atoms with van der Waals surface area (Å²) < 4.78 is 5.24. The summed E-state index contributed by atoms with van der Waals surface area (Å²) in [6.45, 7) is 9.38. The fraction of sp³-hybridized carbons (Fsp3) is 0.500. The second kappa shape index (κ2) is 11.5. The van der Waals surface area contributed by atoms with Crippen molar-refractivity contribution in [2.45, 2.75) is 46.1 Å². The average molecular weight is 492 g/mol. The number of halogens is 2. The molecule has 1 atom stereocenters. The van der Waals surface area contributed by atoms with Crippen molar-refractivity contribution in [2.75, 3.05) is 32.1 Å². The van der Waals surface area contributed by atoms with Crippen molar-refractivity contribution in [1.29, 1.82) is 0 Å². The summed E-state index contributed by atoms with van der Waals surface area (Å²) in [5.74, 6) is 1.35. The number of hydrogen-bond donors (Lipinski definition) is 2. The monoisotopic (exact) mass is 491 g/mol. The highest BCUT2D eigenvalue weighted by Crippen LogP contribution is 2.28. The summed E-state index contributed by atoms with van der Waals surface area (Å²) in [6.07, 6.45) is 3.29. The molecule has 0 unspecified atom stereocenters. The van der Waals surface area contributed by atoms with Crippen LogP contribution in [0.5, 0.6) is 5.75 Å². The SMILES string of the molecule is COc1cccc(NC(=O)N[C@@H](CN2CCC(Cc3ccc(Cl)c(Cl)c3)CC2)C(C)(C)C)c1. The van der Waals surface area contributed by atoms with Gasteiger partial charge in [0.25, 0.3) is 0 Å². The largest absolute Gasteiger partial charge is 0.497 e. The number of methoxy groups -OCH3 is 1. The molecule has 0 aromatic heterocycles. The lowest BCUT2D eigenvalue weighted by molar-refractivity contribution is 0.135. The highest BCUT2D eigenvalue weighted by molar-refractivity contribution is 6.42. The van der Waals surface area contributed by atoms with E-state index in [0.717, 1.165) is 38.9 Å². The van der Waals surface area contributed by atoms with Crippen molar-refractivity contribution >= 4 is 34.9 Å². The molecule has 2 N–H and O–H groups in total. The van der Waals surface area contributed by atoms with E-state index >= 15 is 0 Å². The molecule has 2 amide bonds. The molecule has 0 bridgehead atoms. The maximum absolute atomic E-state index is 12.7. The van der Waals surface area contributed by atoms with E-state index in [2.05, 4.69) is 42.4 Å². The lowest BCUT2D eigenvalue weighted by Crippen LogP contribution is -2.53. The number of nitrogens with one attached hydrogen (secondary N) is 2. The van der Waals surface area contributed by atoms with Gasteiger partial charge in [-0.05, 0) is 73.5 Å². The summed E-state index contributed by atoms with van der Waals surface area (Å²) in [7, 11) is 1.61. The maximum Gasteiger partial charge on any atom is 0.319 e. The van der Waals surface area contributed by atoms with Crippen LogP contribution in [0, 0.1) is 11.3 Å². The van der Waals surface area contributed by atoms with E-state index in [4.69, 9.17) is 27.9 Å². The number of carbonyl (C=O) groups is 1. The van der Waals surface area contributed by atoms with Crippen molar-refractivity contribution in [2.24, 2.45) is 11.3 Å². The molecule has 0 aliphatic carbocycles. The zero-order valence-electron chi connectivity index (χ0n) is 20.0. The van der Waals surface area contributed by atoms with Crippen LogP contribution < -0.4 is 15.4 Å². The van der Waals surface area contributed by atoms with Crippen LogP contribution in [0.2, 0.25) is 10.0 Å². The summed E-state index contributed by atoms with van der Waals surface area (Å²) in [5.41, 5.74) is 1.89. The Bertz CT molecular complexity index is 937. The minimum Gasteiger partial charge on any atom is -0.497 e. The van der Waals surface area contributed by atoms with Crippen LogP contribution in [0.4, 0.5) is 10.5 Å². The lowest BCUT2D eigenvalue weighted by atomic mass is 9.85. The first-order valence-electron chi connectivity index (χ1n) is 11.5. The van der Waals surface area contributed by atoms with E-state index < -0.39 is 0 Å². The van der Waals surface area contributed by atoms with Gasteiger partial charge in [0.1, 0.15) is 5.75 Å². The molecule has 7 heteroatoms. The number of benzene rings is 2. The quantitative estimate of drug-likeness (QED) is 0.464. The highest BCUT2D eigenvalue weighted by atomic mass is 35.5. The molecule has 1 saturated heterocycles. The van der Waals surface area contributed by atoms with Gasteiger partial charge in [-0.2, -0.15) is 0 Å². The molecule has 1 aliphatic heterocycles. The molecular weight excluding hydrogens is 457 g/mol. The highest BCUT2D eigenvalue weighted by Gasteiger charge is 2.30. The van der Waals surface area contributed by atoms with E-state index in [1.807, 2.05) is 36.4 Å². The third kappa shape index (κ3) is 7.80. The van der Waals surface area contributed by atoms with Gasteiger partial charge in [0.05, 0.1) is 17.2 Å². The van der Waals surface area contributed by atoms with E-state index in [1.165, 1.54) is 5.56 Å². The summed E-state index contributed by atoms with van der Waals surface area (Å²) in [5, 5.41) is 7.35. The number of anilines is 1. The minimum atomic E-state index is -0.197. The number of urea groups is 1. The Morgan fingerprint density at radius 1 is 1.12 bits per heavy atom. The smallest absolute Gasteiger partial charge is 0.319 e. The van der Waals surface area contributed by atoms with Gasteiger partial charge >= 0.3 is 6.03 Å². The normalized spacial score (nSPS) is 16.3. The van der Waals surface area contributed by atoms with Crippen LogP contribution in [0.1, 0.15) is 39.2 Å². The molecule has 1 aliphatic rings. The number of ether oxygens (including phenoxy) is 1. The Morgan fingerprint density at radius 3 is 2.48 bits per heavy atom. The van der Waals surface area contributed by atoms with Gasteiger partial charge in [0.15, 0.2) is 0 Å². The molecule has 2 aromatic carbocycles. The number of hydrogen-bond acceptors (Lipinski definition) is 3. The van der Waals surface area contributed by atoms with Crippen LogP contribution in [-0.2, 0) is 6.42 Å². The number of amides is 2. The van der Waals surface area contributed by atoms with Gasteiger partial charge in [-0.25, -0.2) is 4.79 Å². The summed E-state index contributed by atoms with van der Waals surface area (Å²) in [6, 6.07) is 13.1. The zero-order valence-corrected chi connectivity index (χ0v) is 21.5. The van der Waals surface area contributed by atoms with Crippen molar-refractivity contribution < 1.29 is 9.53 Å². The van der Waals surface area contributed by atoms with Crippen LogP contribution in [0.25, 0.3) is 0 Å². The average Bonchev–Trinajstić information content (AvgIpc) is 2.76. The Labute approximate surface area is 207 Å². The van der Waals surface area contributed by atoms with E-state index in [0.29, 0.717) is 27.4 Å². The van der Waals surface area contributed by atoms with Gasteiger partial charge in [-0.15, -0.1) is 0 Å². The van der Waals surface area contributed by atoms with Crippen molar-refractivity contribution in [3.63, 3.8) is 0 Å². The molecule has 33 heavy (non-hydrogen) atoms. The number of rotatable bonds is 7. The molecule has 180 valence electrons.